The number of nitriles is 1. The van der Waals surface area contributed by atoms with Gasteiger partial charge in [-0.1, -0.05) is 12.1 Å². The van der Waals surface area contributed by atoms with Crippen LogP contribution < -0.4 is 5.32 Å². The quantitative estimate of drug-likeness (QED) is 0.646. The van der Waals surface area contributed by atoms with E-state index in [1.807, 2.05) is 30.5 Å². The van der Waals surface area contributed by atoms with E-state index in [9.17, 15) is 10.1 Å². The second-order valence-corrected chi connectivity index (χ2v) is 6.62. The number of allylic oxidation sites excluding steroid dienone is 2. The number of nitrogens with one attached hydrogen (secondary N) is 1. The number of thioether (sulfide) groups is 1. The van der Waals surface area contributed by atoms with E-state index in [2.05, 4.69) is 16.4 Å². The summed E-state index contributed by atoms with van der Waals surface area (Å²) in [6, 6.07) is 10.2. The van der Waals surface area contributed by atoms with Gasteiger partial charge in [0.25, 0.3) is 0 Å². The van der Waals surface area contributed by atoms with E-state index in [1.54, 1.807) is 23.1 Å². The lowest BCUT2D eigenvalue weighted by Gasteiger charge is -2.06. The monoisotopic (exact) mass is 331 g/mol. The van der Waals surface area contributed by atoms with Crippen LogP contribution in [0.5, 0.6) is 0 Å². The van der Waals surface area contributed by atoms with Gasteiger partial charge in [-0.05, 0) is 31.2 Å². The smallest absolute Gasteiger partial charge is 0.216 e. The number of hydrogen-bond acceptors (Lipinski definition) is 5. The van der Waals surface area contributed by atoms with E-state index in [0.717, 1.165) is 33.0 Å². The normalized spacial score (nSPS) is 11.9. The van der Waals surface area contributed by atoms with Gasteiger partial charge in [-0.3, -0.25) is 4.79 Å². The van der Waals surface area contributed by atoms with E-state index in [-0.39, 0.29) is 5.91 Å². The van der Waals surface area contributed by atoms with Gasteiger partial charge in [-0.2, -0.15) is 5.26 Å². The zero-order chi connectivity index (χ0) is 15.9. The Balaban J connectivity index is 2.22. The molecule has 1 N–H and O–H groups in total. The number of nitrogens with zero attached hydrogens (tertiary/aromatic N) is 2. The largest absolute Gasteiger partial charge is 0.356 e. The first-order valence-corrected chi connectivity index (χ1v) is 8.97. The van der Waals surface area contributed by atoms with Crippen LogP contribution in [0.1, 0.15) is 24.8 Å². The van der Waals surface area contributed by atoms with Crippen molar-refractivity contribution in [3.05, 3.63) is 34.2 Å². The Morgan fingerprint density at radius 1 is 1.45 bits per heavy atom. The van der Waals surface area contributed by atoms with E-state index in [0.29, 0.717) is 12.1 Å². The molecule has 0 aliphatic carbocycles. The minimum Gasteiger partial charge on any atom is -0.356 e. The number of benzene rings is 1. The molecular formula is C16H17N3OS2. The lowest BCUT2D eigenvalue weighted by Crippen LogP contribution is -2.20. The average Bonchev–Trinajstić information content (AvgIpc) is 2.93. The van der Waals surface area contributed by atoms with Crippen LogP contribution in [0.25, 0.3) is 15.8 Å². The first-order valence-electron chi connectivity index (χ1n) is 6.93. The Hall–Kier alpha value is -1.84. The molecule has 6 heteroatoms. The molecule has 0 radical (unpaired) electrons. The fourth-order valence-electron chi connectivity index (χ4n) is 2.05. The number of aromatic nitrogens is 1. The number of thiazole rings is 1. The maximum Gasteiger partial charge on any atom is 0.216 e. The lowest BCUT2D eigenvalue weighted by molar-refractivity contribution is -0.118. The molecule has 114 valence electrons. The topological polar surface area (TPSA) is 65.8 Å². The summed E-state index contributed by atoms with van der Waals surface area (Å²) in [5.74, 6) is -0.0265. The van der Waals surface area contributed by atoms with Crippen molar-refractivity contribution in [2.45, 2.75) is 19.8 Å². The molecule has 0 saturated heterocycles. The molecule has 0 spiro atoms. The van der Waals surface area contributed by atoms with Crippen molar-refractivity contribution in [3.63, 3.8) is 0 Å². The highest BCUT2D eigenvalue weighted by Crippen LogP contribution is 2.33. The summed E-state index contributed by atoms with van der Waals surface area (Å²) in [6.45, 7) is 2.13. The van der Waals surface area contributed by atoms with Gasteiger partial charge in [-0.25, -0.2) is 4.98 Å². The number of carbonyl (C=O) groups is 1. The molecule has 1 aromatic heterocycles. The third kappa shape index (κ3) is 4.09. The first-order chi connectivity index (χ1) is 10.7. The van der Waals surface area contributed by atoms with Gasteiger partial charge in [0, 0.05) is 18.4 Å². The summed E-state index contributed by atoms with van der Waals surface area (Å²) < 4.78 is 1.09. The van der Waals surface area contributed by atoms with Crippen LogP contribution in [-0.4, -0.2) is 23.7 Å². The van der Waals surface area contributed by atoms with Gasteiger partial charge in [0.1, 0.15) is 11.1 Å². The fraction of sp³-hybridized carbons (Fsp3) is 0.312. The summed E-state index contributed by atoms with van der Waals surface area (Å²) in [5.41, 5.74) is 1.57. The average molecular weight is 331 g/mol. The van der Waals surface area contributed by atoms with Crippen LogP contribution >= 0.6 is 23.1 Å². The molecule has 0 fully saturated rings. The van der Waals surface area contributed by atoms with Crippen LogP contribution in [0.2, 0.25) is 0 Å². The SMILES string of the molecule is CS/C(CCCNC(C)=O)=C(\C#N)c1nc2ccccc2s1. The van der Waals surface area contributed by atoms with Crippen LogP contribution in [0.3, 0.4) is 0 Å². The van der Waals surface area contributed by atoms with Crippen molar-refractivity contribution in [1.82, 2.24) is 10.3 Å². The number of rotatable bonds is 6. The zero-order valence-electron chi connectivity index (χ0n) is 12.5. The Labute approximate surface area is 138 Å². The lowest BCUT2D eigenvalue weighted by atomic mass is 10.2. The van der Waals surface area contributed by atoms with Crippen molar-refractivity contribution in [2.24, 2.45) is 0 Å². The molecule has 0 unspecified atom stereocenters. The summed E-state index contributed by atoms with van der Waals surface area (Å²) in [4.78, 5) is 16.5. The van der Waals surface area contributed by atoms with E-state index in [1.165, 1.54) is 6.92 Å². The summed E-state index contributed by atoms with van der Waals surface area (Å²) >= 11 is 3.12. The molecule has 1 heterocycles. The molecule has 0 atom stereocenters. The number of para-hydroxylation sites is 1. The van der Waals surface area contributed by atoms with Crippen LogP contribution in [0.4, 0.5) is 0 Å². The Bertz CT molecular complexity index is 710. The molecule has 2 aromatic rings. The van der Waals surface area contributed by atoms with Gasteiger partial charge in [0.2, 0.25) is 5.91 Å². The van der Waals surface area contributed by atoms with Gasteiger partial charge in [0.15, 0.2) is 0 Å². The highest BCUT2D eigenvalue weighted by atomic mass is 32.2. The molecule has 0 aliphatic heterocycles. The number of hydrogen-bond donors (Lipinski definition) is 1. The van der Waals surface area contributed by atoms with E-state index < -0.39 is 0 Å². The molecule has 1 amide bonds. The molecule has 1 aromatic carbocycles. The highest BCUT2D eigenvalue weighted by molar-refractivity contribution is 8.02. The first kappa shape index (κ1) is 16.5. The second kappa shape index (κ2) is 7.97. The minimum absolute atomic E-state index is 0.0265. The molecule has 0 aliphatic rings. The number of amides is 1. The Morgan fingerprint density at radius 2 is 2.23 bits per heavy atom. The predicted octanol–water partition coefficient (Wildman–Crippen LogP) is 3.81. The van der Waals surface area contributed by atoms with Gasteiger partial charge in [0.05, 0.1) is 15.8 Å². The Morgan fingerprint density at radius 3 is 2.86 bits per heavy atom. The third-order valence-corrected chi connectivity index (χ3v) is 5.05. The van der Waals surface area contributed by atoms with Gasteiger partial charge >= 0.3 is 0 Å². The third-order valence-electron chi connectivity index (χ3n) is 3.10. The van der Waals surface area contributed by atoms with Crippen molar-refractivity contribution >= 4 is 44.8 Å². The molecular weight excluding hydrogens is 314 g/mol. The maximum atomic E-state index is 10.9. The molecule has 4 nitrogen and oxygen atoms in total. The van der Waals surface area contributed by atoms with Gasteiger partial charge in [-0.15, -0.1) is 23.1 Å². The Kier molecular flexibility index (Phi) is 5.99. The predicted molar refractivity (Wildman–Crippen MR) is 93.6 cm³/mol. The van der Waals surface area contributed by atoms with Crippen molar-refractivity contribution in [2.75, 3.05) is 12.8 Å². The second-order valence-electron chi connectivity index (χ2n) is 4.69. The van der Waals surface area contributed by atoms with Crippen LogP contribution in [-0.2, 0) is 4.79 Å². The van der Waals surface area contributed by atoms with Crippen LogP contribution in [0.15, 0.2) is 29.2 Å². The van der Waals surface area contributed by atoms with Crippen molar-refractivity contribution in [3.8, 4) is 6.07 Å². The number of carbonyl (C=O) groups excluding carboxylic acids is 1. The van der Waals surface area contributed by atoms with Gasteiger partial charge < -0.3 is 5.32 Å². The summed E-state index contributed by atoms with van der Waals surface area (Å²) in [7, 11) is 0. The summed E-state index contributed by atoms with van der Waals surface area (Å²) in [5, 5.41) is 13.1. The highest BCUT2D eigenvalue weighted by Gasteiger charge is 2.13. The summed E-state index contributed by atoms with van der Waals surface area (Å²) in [6.07, 6.45) is 3.55. The number of fused-ring (bicyclic) bond motifs is 1. The van der Waals surface area contributed by atoms with Crippen molar-refractivity contribution < 1.29 is 4.79 Å². The molecule has 0 bridgehead atoms. The maximum absolute atomic E-state index is 10.9. The van der Waals surface area contributed by atoms with E-state index >= 15 is 0 Å². The molecule has 0 saturated carbocycles. The van der Waals surface area contributed by atoms with E-state index in [4.69, 9.17) is 0 Å². The standard InChI is InChI=1S/C16H17N3OS2/c1-11(20)18-9-5-8-14(21-2)12(10-17)16-19-13-6-3-4-7-15(13)22-16/h3-4,6-7H,5,8-9H2,1-2H3,(H,18,20)/b14-12+. The molecule has 22 heavy (non-hydrogen) atoms. The fourth-order valence-corrected chi connectivity index (χ4v) is 3.80. The molecule has 2 rings (SSSR count). The zero-order valence-corrected chi connectivity index (χ0v) is 14.2. The minimum atomic E-state index is -0.0265. The van der Waals surface area contributed by atoms with Crippen LogP contribution in [0, 0.1) is 11.3 Å². The van der Waals surface area contributed by atoms with Crippen molar-refractivity contribution in [1.29, 1.82) is 5.26 Å².